The van der Waals surface area contributed by atoms with E-state index < -0.39 is 4.92 Å². The summed E-state index contributed by atoms with van der Waals surface area (Å²) >= 11 is 7.17. The summed E-state index contributed by atoms with van der Waals surface area (Å²) in [5.74, 6) is 0. The number of nitrogens with zero attached hydrogens (tertiary/aromatic N) is 2. The Labute approximate surface area is 118 Å². The van der Waals surface area contributed by atoms with Crippen LogP contribution in [0.3, 0.4) is 0 Å². The zero-order valence-corrected chi connectivity index (χ0v) is 11.4. The van der Waals surface area contributed by atoms with E-state index in [0.29, 0.717) is 26.6 Å². The van der Waals surface area contributed by atoms with Crippen molar-refractivity contribution in [2.45, 2.75) is 6.92 Å². The van der Waals surface area contributed by atoms with Gasteiger partial charge >= 0.3 is 0 Å². The third-order valence-electron chi connectivity index (χ3n) is 2.71. The summed E-state index contributed by atoms with van der Waals surface area (Å²) in [6.07, 6.45) is 0. The summed E-state index contributed by atoms with van der Waals surface area (Å²) in [5.41, 5.74) is 7.00. The summed E-state index contributed by atoms with van der Waals surface area (Å²) in [4.78, 5) is 11.5. The maximum Gasteiger partial charge on any atom is 0.279 e. The molecule has 0 aliphatic heterocycles. The lowest BCUT2D eigenvalue weighted by atomic mass is 10.1. The van der Waals surface area contributed by atoms with Crippen molar-refractivity contribution in [3.05, 3.63) is 43.8 Å². The number of hydrogen-bond donors (Lipinski definition) is 1. The highest BCUT2D eigenvalue weighted by molar-refractivity contribution is 7.17. The molecule has 0 aliphatic carbocycles. The first-order valence-electron chi connectivity index (χ1n) is 5.19. The van der Waals surface area contributed by atoms with E-state index in [1.54, 1.807) is 13.0 Å². The van der Waals surface area contributed by atoms with Gasteiger partial charge in [0.1, 0.15) is 10.9 Å². The van der Waals surface area contributed by atoms with Gasteiger partial charge in [0.25, 0.3) is 5.69 Å². The molecule has 7 heteroatoms. The number of halogens is 1. The molecule has 0 bridgehead atoms. The van der Waals surface area contributed by atoms with Crippen molar-refractivity contribution in [2.75, 3.05) is 5.73 Å². The van der Waals surface area contributed by atoms with Crippen LogP contribution >= 0.6 is 22.9 Å². The number of rotatable bonds is 2. The molecule has 0 saturated heterocycles. The molecule has 2 N–H and O–H groups in total. The first kappa shape index (κ1) is 13.3. The van der Waals surface area contributed by atoms with Gasteiger partial charge in [-0.05, 0) is 18.6 Å². The second-order valence-corrected chi connectivity index (χ2v) is 5.23. The van der Waals surface area contributed by atoms with Gasteiger partial charge < -0.3 is 5.73 Å². The molecule has 1 aromatic carbocycles. The molecule has 0 radical (unpaired) electrons. The van der Waals surface area contributed by atoms with Crippen LogP contribution in [0.4, 0.5) is 11.4 Å². The highest BCUT2D eigenvalue weighted by Crippen LogP contribution is 2.44. The smallest absolute Gasteiger partial charge is 0.279 e. The molecule has 0 unspecified atom stereocenters. The minimum absolute atomic E-state index is 0.0960. The number of nitro groups is 1. The molecule has 0 atom stereocenters. The quantitative estimate of drug-likeness (QED) is 0.674. The van der Waals surface area contributed by atoms with E-state index in [2.05, 4.69) is 0 Å². The van der Waals surface area contributed by atoms with Crippen LogP contribution in [0, 0.1) is 28.4 Å². The van der Waals surface area contributed by atoms with Crippen LogP contribution in [0.25, 0.3) is 10.4 Å². The highest BCUT2D eigenvalue weighted by atomic mass is 35.5. The lowest BCUT2D eigenvalue weighted by Gasteiger charge is -2.04. The Morgan fingerprint density at radius 3 is 2.74 bits per heavy atom. The number of benzene rings is 1. The number of thiophene rings is 1. The van der Waals surface area contributed by atoms with Crippen LogP contribution < -0.4 is 5.73 Å². The van der Waals surface area contributed by atoms with Gasteiger partial charge in [0.05, 0.1) is 21.2 Å². The van der Waals surface area contributed by atoms with Crippen molar-refractivity contribution in [3.63, 3.8) is 0 Å². The number of hydrogen-bond acceptors (Lipinski definition) is 5. The van der Waals surface area contributed by atoms with Gasteiger partial charge in [0.2, 0.25) is 0 Å². The maximum absolute atomic E-state index is 11.1. The number of nitrogens with two attached hydrogens (primary N) is 1. The van der Waals surface area contributed by atoms with Crippen LogP contribution in [-0.2, 0) is 0 Å². The van der Waals surface area contributed by atoms with Gasteiger partial charge in [0.15, 0.2) is 0 Å². The first-order valence-corrected chi connectivity index (χ1v) is 6.39. The van der Waals surface area contributed by atoms with Crippen LogP contribution in [0.15, 0.2) is 18.2 Å². The van der Waals surface area contributed by atoms with E-state index >= 15 is 0 Å². The van der Waals surface area contributed by atoms with E-state index in [1.165, 1.54) is 12.1 Å². The third kappa shape index (κ3) is 2.14. The number of nitrogen functional groups attached to an aromatic ring is 1. The Bertz CT molecular complexity index is 718. The fourth-order valence-corrected chi connectivity index (χ4v) is 3.15. The summed E-state index contributed by atoms with van der Waals surface area (Å²) < 4.78 is 0. The molecule has 19 heavy (non-hydrogen) atoms. The SMILES string of the molecule is Cc1c(-c2c(Cl)cccc2[N+](=O)[O-])sc(C#N)c1N. The number of nitro benzene ring substituents is 1. The Morgan fingerprint density at radius 2 is 2.21 bits per heavy atom. The lowest BCUT2D eigenvalue weighted by Crippen LogP contribution is -1.93. The van der Waals surface area contributed by atoms with Gasteiger partial charge in [-0.25, -0.2) is 0 Å². The normalized spacial score (nSPS) is 10.2. The average Bonchev–Trinajstić information content (AvgIpc) is 2.66. The molecule has 0 fully saturated rings. The predicted molar refractivity (Wildman–Crippen MR) is 75.3 cm³/mol. The molecule has 0 amide bonds. The summed E-state index contributed by atoms with van der Waals surface area (Å²) in [5, 5.41) is 20.3. The molecule has 1 aromatic heterocycles. The fourth-order valence-electron chi connectivity index (χ4n) is 1.74. The zero-order valence-electron chi connectivity index (χ0n) is 9.81. The average molecular weight is 294 g/mol. The molecule has 0 aliphatic rings. The van der Waals surface area contributed by atoms with Crippen LogP contribution in [0.1, 0.15) is 10.4 Å². The van der Waals surface area contributed by atoms with Gasteiger partial charge in [-0.1, -0.05) is 17.7 Å². The zero-order chi connectivity index (χ0) is 14.2. The van der Waals surface area contributed by atoms with Crippen molar-refractivity contribution in [3.8, 4) is 16.5 Å². The number of anilines is 1. The second-order valence-electron chi connectivity index (χ2n) is 3.80. The number of nitriles is 1. The summed E-state index contributed by atoms with van der Waals surface area (Å²) in [6.45, 7) is 1.72. The van der Waals surface area contributed by atoms with Crippen molar-refractivity contribution in [1.29, 1.82) is 5.26 Å². The minimum atomic E-state index is -0.497. The topological polar surface area (TPSA) is 93.0 Å². The summed E-state index contributed by atoms with van der Waals surface area (Å²) in [7, 11) is 0. The van der Waals surface area contributed by atoms with Gasteiger partial charge in [-0.3, -0.25) is 10.1 Å². The fraction of sp³-hybridized carbons (Fsp3) is 0.0833. The lowest BCUT2D eigenvalue weighted by molar-refractivity contribution is -0.384. The van der Waals surface area contributed by atoms with Gasteiger partial charge in [-0.2, -0.15) is 5.26 Å². The van der Waals surface area contributed by atoms with Crippen LogP contribution in [0.2, 0.25) is 5.02 Å². The molecular formula is C12H8ClN3O2S. The van der Waals surface area contributed by atoms with Crippen molar-refractivity contribution >= 4 is 34.3 Å². The Kier molecular flexibility index (Phi) is 3.42. The molecule has 96 valence electrons. The molecule has 2 rings (SSSR count). The predicted octanol–water partition coefficient (Wildman–Crippen LogP) is 3.74. The van der Waals surface area contributed by atoms with E-state index in [0.717, 1.165) is 11.3 Å². The minimum Gasteiger partial charge on any atom is -0.397 e. The van der Waals surface area contributed by atoms with E-state index in [1.807, 2.05) is 6.07 Å². The Balaban J connectivity index is 2.80. The van der Waals surface area contributed by atoms with E-state index in [4.69, 9.17) is 22.6 Å². The first-order chi connectivity index (χ1) is 8.97. The van der Waals surface area contributed by atoms with E-state index in [-0.39, 0.29) is 10.7 Å². The maximum atomic E-state index is 11.1. The Morgan fingerprint density at radius 1 is 1.53 bits per heavy atom. The van der Waals surface area contributed by atoms with Crippen molar-refractivity contribution in [2.24, 2.45) is 0 Å². The molecule has 2 aromatic rings. The van der Waals surface area contributed by atoms with Gasteiger partial charge in [0, 0.05) is 10.9 Å². The standard InChI is InChI=1S/C12H8ClN3O2S/c1-6-11(15)9(5-14)19-12(6)10-7(13)3-2-4-8(10)16(17)18/h2-4H,15H2,1H3. The molecule has 0 saturated carbocycles. The molecular weight excluding hydrogens is 286 g/mol. The van der Waals surface area contributed by atoms with Crippen LogP contribution in [0.5, 0.6) is 0 Å². The second kappa shape index (κ2) is 4.88. The van der Waals surface area contributed by atoms with Gasteiger partial charge in [-0.15, -0.1) is 11.3 Å². The Hall–Kier alpha value is -2.10. The third-order valence-corrected chi connectivity index (χ3v) is 4.25. The largest absolute Gasteiger partial charge is 0.397 e. The monoisotopic (exact) mass is 293 g/mol. The van der Waals surface area contributed by atoms with Crippen molar-refractivity contribution in [1.82, 2.24) is 0 Å². The van der Waals surface area contributed by atoms with Crippen molar-refractivity contribution < 1.29 is 4.92 Å². The van der Waals surface area contributed by atoms with Crippen LogP contribution in [-0.4, -0.2) is 4.92 Å². The highest BCUT2D eigenvalue weighted by Gasteiger charge is 2.24. The molecule has 5 nitrogen and oxygen atoms in total. The molecule has 1 heterocycles. The summed E-state index contributed by atoms with van der Waals surface area (Å²) in [6, 6.07) is 6.44. The van der Waals surface area contributed by atoms with E-state index in [9.17, 15) is 10.1 Å². The molecule has 0 spiro atoms.